The number of benzene rings is 2. The molecule has 3 atom stereocenters. The lowest BCUT2D eigenvalue weighted by Crippen LogP contribution is -2.42. The molecule has 33 heavy (non-hydrogen) atoms. The Kier molecular flexibility index (Phi) is 6.15. The van der Waals surface area contributed by atoms with E-state index in [4.69, 9.17) is 20.3 Å². The number of aryl methyl sites for hydroxylation is 1. The first-order valence-corrected chi connectivity index (χ1v) is 11.1. The molecule has 0 fully saturated rings. The van der Waals surface area contributed by atoms with E-state index in [1.807, 2.05) is 57.2 Å². The van der Waals surface area contributed by atoms with Crippen molar-refractivity contribution < 1.29 is 14.7 Å². The molecule has 1 spiro atoms. The molecule has 3 N–H and O–H groups in total. The maximum Gasteiger partial charge on any atom is 0.221 e. The maximum absolute atomic E-state index is 9.65. The summed E-state index contributed by atoms with van der Waals surface area (Å²) in [5.41, 5.74) is 10.7. The van der Waals surface area contributed by atoms with Gasteiger partial charge in [0.2, 0.25) is 11.7 Å². The minimum absolute atomic E-state index is 0.00480. The first-order chi connectivity index (χ1) is 15.8. The van der Waals surface area contributed by atoms with Crippen LogP contribution in [0.3, 0.4) is 0 Å². The summed E-state index contributed by atoms with van der Waals surface area (Å²) in [7, 11) is 1.74. The van der Waals surface area contributed by atoms with E-state index in [0.717, 1.165) is 27.8 Å². The Labute approximate surface area is 194 Å². The van der Waals surface area contributed by atoms with E-state index in [2.05, 4.69) is 12.1 Å². The molecule has 7 heteroatoms. The van der Waals surface area contributed by atoms with Crippen molar-refractivity contribution in [3.8, 4) is 22.9 Å². The van der Waals surface area contributed by atoms with Crippen LogP contribution in [0.1, 0.15) is 43.4 Å². The zero-order valence-corrected chi connectivity index (χ0v) is 19.5. The number of fused-ring (bicyclic) bond motifs is 2. The van der Waals surface area contributed by atoms with Gasteiger partial charge in [0.15, 0.2) is 0 Å². The highest BCUT2D eigenvalue weighted by Crippen LogP contribution is 2.49. The molecule has 0 saturated heterocycles. The predicted octanol–water partition coefficient (Wildman–Crippen LogP) is 3.99. The number of hydrogen-bond donors (Lipinski definition) is 2. The zero-order valence-electron chi connectivity index (χ0n) is 19.5. The van der Waals surface area contributed by atoms with Crippen LogP contribution in [0.2, 0.25) is 0 Å². The first kappa shape index (κ1) is 22.8. The molecule has 0 amide bonds. The van der Waals surface area contributed by atoms with E-state index in [1.54, 1.807) is 7.05 Å². The highest BCUT2D eigenvalue weighted by molar-refractivity contribution is 5.79. The van der Waals surface area contributed by atoms with Crippen LogP contribution < -0.4 is 10.5 Å². The summed E-state index contributed by atoms with van der Waals surface area (Å²) in [5, 5.41) is 20.5. The highest BCUT2D eigenvalue weighted by atomic mass is 16.7. The van der Waals surface area contributed by atoms with Crippen LogP contribution >= 0.6 is 0 Å². The average Bonchev–Trinajstić information content (AvgIpc) is 3.06. The fourth-order valence-corrected chi connectivity index (χ4v) is 4.63. The summed E-state index contributed by atoms with van der Waals surface area (Å²) >= 11 is 0. The molecule has 0 aromatic heterocycles. The second-order valence-electron chi connectivity index (χ2n) is 8.98. The van der Waals surface area contributed by atoms with Crippen molar-refractivity contribution in [1.29, 1.82) is 5.26 Å². The minimum atomic E-state index is -1.02. The lowest BCUT2D eigenvalue weighted by atomic mass is 9.84. The Morgan fingerprint density at radius 2 is 2.15 bits per heavy atom. The van der Waals surface area contributed by atoms with E-state index in [0.29, 0.717) is 30.1 Å². The number of ether oxygens (including phenoxy) is 1. The summed E-state index contributed by atoms with van der Waals surface area (Å²) in [6.07, 6.45) is 2.93. The fourth-order valence-electron chi connectivity index (χ4n) is 4.63. The predicted molar refractivity (Wildman–Crippen MR) is 127 cm³/mol. The van der Waals surface area contributed by atoms with E-state index in [-0.39, 0.29) is 18.6 Å². The molecule has 2 aromatic carbocycles. The van der Waals surface area contributed by atoms with Crippen LogP contribution in [-0.2, 0) is 10.6 Å². The lowest BCUT2D eigenvalue weighted by Gasteiger charge is -2.39. The van der Waals surface area contributed by atoms with Crippen LogP contribution in [0.25, 0.3) is 11.1 Å². The Balaban J connectivity index is 1.83. The van der Waals surface area contributed by atoms with Gasteiger partial charge in [-0.15, -0.1) is 0 Å². The molecular weight excluding hydrogens is 416 g/mol. The van der Waals surface area contributed by atoms with Crippen LogP contribution in [0, 0.1) is 24.2 Å². The molecule has 2 heterocycles. The number of allylic oxidation sites excluding steroid dienone is 1. The van der Waals surface area contributed by atoms with Crippen molar-refractivity contribution in [3.05, 3.63) is 64.7 Å². The lowest BCUT2D eigenvalue weighted by molar-refractivity contribution is -0.193. The van der Waals surface area contributed by atoms with Gasteiger partial charge < -0.3 is 15.6 Å². The van der Waals surface area contributed by atoms with Crippen LogP contribution in [0.5, 0.6) is 5.75 Å². The van der Waals surface area contributed by atoms with E-state index < -0.39 is 5.72 Å². The van der Waals surface area contributed by atoms with Crippen LogP contribution in [0.4, 0.5) is 0 Å². The molecule has 0 bridgehead atoms. The van der Waals surface area contributed by atoms with Crippen molar-refractivity contribution >= 4 is 5.96 Å². The summed E-state index contributed by atoms with van der Waals surface area (Å²) in [5.74, 6) is 0.988. The normalized spacial score (nSPS) is 22.2. The van der Waals surface area contributed by atoms with Crippen molar-refractivity contribution in [1.82, 2.24) is 5.06 Å². The van der Waals surface area contributed by atoms with Crippen molar-refractivity contribution in [3.63, 3.8) is 0 Å². The Hall–Kier alpha value is -3.34. The molecule has 3 unspecified atom stereocenters. The summed E-state index contributed by atoms with van der Waals surface area (Å²) in [6, 6.07) is 13.8. The number of nitrogens with two attached hydrogens (primary N) is 1. The quantitative estimate of drug-likeness (QED) is 0.673. The number of hydrogen-bond acceptors (Lipinski definition) is 7. The number of nitriles is 1. The molecule has 172 valence electrons. The van der Waals surface area contributed by atoms with Gasteiger partial charge >= 0.3 is 0 Å². The Morgan fingerprint density at radius 1 is 1.36 bits per heavy atom. The Morgan fingerprint density at radius 3 is 2.79 bits per heavy atom. The van der Waals surface area contributed by atoms with Gasteiger partial charge in [-0.25, -0.2) is 14.9 Å². The molecule has 0 radical (unpaired) electrons. The fraction of sp³-hybridized carbons (Fsp3) is 0.385. The average molecular weight is 447 g/mol. The molecule has 2 aliphatic rings. The number of guanidine groups is 1. The molecule has 0 saturated carbocycles. The zero-order chi connectivity index (χ0) is 23.8. The molecule has 2 aliphatic heterocycles. The minimum Gasteiger partial charge on any atom is -0.489 e. The maximum atomic E-state index is 9.65. The first-order valence-electron chi connectivity index (χ1n) is 11.1. The van der Waals surface area contributed by atoms with Crippen LogP contribution in [0.15, 0.2) is 53.0 Å². The van der Waals surface area contributed by atoms with Gasteiger partial charge in [-0.1, -0.05) is 23.8 Å². The summed E-state index contributed by atoms with van der Waals surface area (Å²) in [4.78, 5) is 11.0. The third kappa shape index (κ3) is 4.32. The number of rotatable bonds is 5. The third-order valence-electron chi connectivity index (χ3n) is 6.23. The number of aliphatic hydroxyl groups is 1. The monoisotopic (exact) mass is 446 g/mol. The van der Waals surface area contributed by atoms with Crippen molar-refractivity contribution in [2.45, 2.75) is 45.4 Å². The highest BCUT2D eigenvalue weighted by Gasteiger charge is 2.49. The summed E-state index contributed by atoms with van der Waals surface area (Å²) < 4.78 is 6.45. The van der Waals surface area contributed by atoms with Gasteiger partial charge in [0, 0.05) is 26.0 Å². The van der Waals surface area contributed by atoms with E-state index in [1.165, 1.54) is 5.06 Å². The van der Waals surface area contributed by atoms with Gasteiger partial charge in [-0.05, 0) is 68.1 Å². The number of hydroxylamine groups is 2. The SMILES string of the molecule is CC(C)=CC(CCO)C1CC2(N=C(N)N(C)O2)c2cc(-c3cc(C#N)ccc3C)ccc2O1. The van der Waals surface area contributed by atoms with Gasteiger partial charge in [-0.3, -0.25) is 0 Å². The topological polar surface area (TPSA) is 104 Å². The molecule has 7 nitrogen and oxygen atoms in total. The standard InChI is InChI=1S/C26H30N4O3/c1-16(2)11-20(9-10-31)24-14-26(29-25(28)30(4)33-26)22-13-19(7-8-23(22)32-24)21-12-18(15-27)6-5-17(21)3/h5-8,11-13,20,24,31H,9-10,14H2,1-4H3,(H2,28,29). The van der Waals surface area contributed by atoms with Gasteiger partial charge in [-0.2, -0.15) is 5.26 Å². The number of nitrogens with zero attached hydrogens (tertiary/aromatic N) is 3. The van der Waals surface area contributed by atoms with E-state index in [9.17, 15) is 10.4 Å². The van der Waals surface area contributed by atoms with Gasteiger partial charge in [0.05, 0.1) is 17.2 Å². The molecule has 0 aliphatic carbocycles. The largest absolute Gasteiger partial charge is 0.489 e. The van der Waals surface area contributed by atoms with E-state index >= 15 is 0 Å². The second-order valence-corrected chi connectivity index (χ2v) is 8.98. The van der Waals surface area contributed by atoms with Crippen LogP contribution in [-0.4, -0.2) is 35.9 Å². The molecular formula is C26H30N4O3. The Bertz CT molecular complexity index is 1160. The molecule has 4 rings (SSSR count). The molecule has 2 aromatic rings. The second kappa shape index (κ2) is 8.89. The summed E-state index contributed by atoms with van der Waals surface area (Å²) in [6.45, 7) is 6.16. The van der Waals surface area contributed by atoms with Crippen molar-refractivity contribution in [2.75, 3.05) is 13.7 Å². The van der Waals surface area contributed by atoms with Gasteiger partial charge in [0.1, 0.15) is 11.9 Å². The number of aliphatic hydroxyl groups excluding tert-OH is 1. The van der Waals surface area contributed by atoms with Gasteiger partial charge in [0.25, 0.3) is 0 Å². The van der Waals surface area contributed by atoms with Crippen molar-refractivity contribution in [2.24, 2.45) is 16.6 Å². The number of aliphatic imine (C=N–C) groups is 1. The third-order valence-corrected chi connectivity index (χ3v) is 6.23. The smallest absolute Gasteiger partial charge is 0.221 e.